The van der Waals surface area contributed by atoms with Crippen molar-refractivity contribution in [1.29, 1.82) is 0 Å². The highest BCUT2D eigenvalue weighted by Gasteiger charge is 2.23. The van der Waals surface area contributed by atoms with Crippen LogP contribution in [0, 0.1) is 0 Å². The molecule has 0 aromatic heterocycles. The zero-order valence-corrected chi connectivity index (χ0v) is 12.9. The molecule has 1 amide bonds. The maximum Gasteiger partial charge on any atom is 0.307 e. The quantitative estimate of drug-likeness (QED) is 0.802. The number of fused-ring (bicyclic) bond motifs is 1. The van der Waals surface area contributed by atoms with E-state index in [2.05, 4.69) is 22.8 Å². The molecule has 1 heterocycles. The van der Waals surface area contributed by atoms with Crippen molar-refractivity contribution < 1.29 is 14.3 Å². The van der Waals surface area contributed by atoms with E-state index in [-0.39, 0.29) is 36.7 Å². The number of ether oxygens (including phenoxy) is 1. The van der Waals surface area contributed by atoms with Crippen LogP contribution in [0.1, 0.15) is 24.5 Å². The fraction of sp³-hybridized carbons (Fsp3) is 0.467. The summed E-state index contributed by atoms with van der Waals surface area (Å²) in [6.07, 6.45) is 0.893. The van der Waals surface area contributed by atoms with Gasteiger partial charge in [-0.15, -0.1) is 12.4 Å². The minimum absolute atomic E-state index is 0. The molecule has 0 saturated heterocycles. The third-order valence-electron chi connectivity index (χ3n) is 3.33. The van der Waals surface area contributed by atoms with E-state index < -0.39 is 0 Å². The third kappa shape index (κ3) is 5.02. The molecule has 1 unspecified atom stereocenters. The molecule has 116 valence electrons. The van der Waals surface area contributed by atoms with Gasteiger partial charge in [0.2, 0.25) is 5.91 Å². The summed E-state index contributed by atoms with van der Waals surface area (Å²) in [5.41, 5.74) is 2.44. The van der Waals surface area contributed by atoms with Gasteiger partial charge in [0.05, 0.1) is 19.1 Å². The number of hydrogen-bond acceptors (Lipinski definition) is 4. The number of benzene rings is 1. The van der Waals surface area contributed by atoms with Crippen molar-refractivity contribution in [2.75, 3.05) is 13.2 Å². The molecule has 0 aliphatic carbocycles. The van der Waals surface area contributed by atoms with Gasteiger partial charge in [-0.25, -0.2) is 0 Å². The molecule has 6 heteroatoms. The Morgan fingerprint density at radius 1 is 1.33 bits per heavy atom. The Morgan fingerprint density at radius 3 is 2.76 bits per heavy atom. The molecule has 0 radical (unpaired) electrons. The normalized spacial score (nSPS) is 16.3. The average Bonchev–Trinajstić information content (AvgIpc) is 2.47. The van der Waals surface area contributed by atoms with E-state index in [4.69, 9.17) is 4.74 Å². The van der Waals surface area contributed by atoms with E-state index in [9.17, 15) is 9.59 Å². The second kappa shape index (κ2) is 8.64. The standard InChI is InChI=1S/C15H20N2O3.ClH/c1-2-20-14(18)7-8-16-15(19)13-9-11-5-3-4-6-12(11)10-17-13;/h3-6,13,17H,2,7-10H2,1H3,(H,16,19);1H. The van der Waals surface area contributed by atoms with Crippen molar-refractivity contribution in [2.24, 2.45) is 0 Å². The van der Waals surface area contributed by atoms with Gasteiger partial charge in [-0.2, -0.15) is 0 Å². The molecular formula is C15H21ClN2O3. The van der Waals surface area contributed by atoms with Gasteiger partial charge in [-0.3, -0.25) is 9.59 Å². The molecule has 1 aliphatic heterocycles. The van der Waals surface area contributed by atoms with E-state index >= 15 is 0 Å². The predicted molar refractivity (Wildman–Crippen MR) is 82.3 cm³/mol. The maximum atomic E-state index is 12.0. The van der Waals surface area contributed by atoms with E-state index in [1.165, 1.54) is 11.1 Å². The highest BCUT2D eigenvalue weighted by atomic mass is 35.5. The molecule has 0 bridgehead atoms. The number of carbonyl (C=O) groups is 2. The van der Waals surface area contributed by atoms with Gasteiger partial charge < -0.3 is 15.4 Å². The largest absolute Gasteiger partial charge is 0.466 e. The lowest BCUT2D eigenvalue weighted by molar-refractivity contribution is -0.143. The Balaban J connectivity index is 0.00000220. The molecular weight excluding hydrogens is 292 g/mol. The molecule has 1 aliphatic rings. The van der Waals surface area contributed by atoms with Gasteiger partial charge in [-0.1, -0.05) is 24.3 Å². The third-order valence-corrected chi connectivity index (χ3v) is 3.33. The topological polar surface area (TPSA) is 67.4 Å². The van der Waals surface area contributed by atoms with Crippen LogP contribution in [0.3, 0.4) is 0 Å². The van der Waals surface area contributed by atoms with Crippen LogP contribution in [-0.2, 0) is 27.3 Å². The highest BCUT2D eigenvalue weighted by molar-refractivity contribution is 5.85. The fourth-order valence-corrected chi connectivity index (χ4v) is 2.28. The Bertz CT molecular complexity index is 494. The zero-order chi connectivity index (χ0) is 14.4. The summed E-state index contributed by atoms with van der Waals surface area (Å²) >= 11 is 0. The molecule has 0 spiro atoms. The minimum Gasteiger partial charge on any atom is -0.466 e. The van der Waals surface area contributed by atoms with Crippen LogP contribution in [0.25, 0.3) is 0 Å². The van der Waals surface area contributed by atoms with Crippen LogP contribution < -0.4 is 10.6 Å². The lowest BCUT2D eigenvalue weighted by Gasteiger charge is -2.25. The van der Waals surface area contributed by atoms with Gasteiger partial charge in [0.15, 0.2) is 0 Å². The van der Waals surface area contributed by atoms with Crippen LogP contribution >= 0.6 is 12.4 Å². The van der Waals surface area contributed by atoms with Crippen molar-refractivity contribution in [3.63, 3.8) is 0 Å². The zero-order valence-electron chi connectivity index (χ0n) is 12.1. The molecule has 0 fully saturated rings. The molecule has 1 aromatic rings. The summed E-state index contributed by atoms with van der Waals surface area (Å²) in [5, 5.41) is 5.98. The number of halogens is 1. The van der Waals surface area contributed by atoms with E-state index in [1.54, 1.807) is 6.92 Å². The first-order valence-electron chi connectivity index (χ1n) is 6.94. The lowest BCUT2D eigenvalue weighted by atomic mass is 9.95. The summed E-state index contributed by atoms with van der Waals surface area (Å²) < 4.78 is 4.81. The van der Waals surface area contributed by atoms with Gasteiger partial charge in [0.1, 0.15) is 0 Å². The fourth-order valence-electron chi connectivity index (χ4n) is 2.28. The first-order valence-corrected chi connectivity index (χ1v) is 6.94. The van der Waals surface area contributed by atoms with Crippen molar-refractivity contribution in [1.82, 2.24) is 10.6 Å². The lowest BCUT2D eigenvalue weighted by Crippen LogP contribution is -2.48. The first kappa shape index (κ1) is 17.5. The smallest absolute Gasteiger partial charge is 0.307 e. The van der Waals surface area contributed by atoms with Crippen LogP contribution in [0.2, 0.25) is 0 Å². The van der Waals surface area contributed by atoms with E-state index in [0.29, 0.717) is 26.1 Å². The van der Waals surface area contributed by atoms with E-state index in [1.807, 2.05) is 12.1 Å². The highest BCUT2D eigenvalue weighted by Crippen LogP contribution is 2.16. The van der Waals surface area contributed by atoms with E-state index in [0.717, 1.165) is 0 Å². The molecule has 1 atom stereocenters. The van der Waals surface area contributed by atoms with Crippen molar-refractivity contribution >= 4 is 24.3 Å². The molecule has 5 nitrogen and oxygen atoms in total. The first-order chi connectivity index (χ1) is 9.70. The van der Waals surface area contributed by atoms with Crippen LogP contribution in [0.5, 0.6) is 0 Å². The second-order valence-electron chi connectivity index (χ2n) is 4.75. The Kier molecular flexibility index (Phi) is 7.19. The number of esters is 1. The van der Waals surface area contributed by atoms with Crippen molar-refractivity contribution in [3.05, 3.63) is 35.4 Å². The number of carbonyl (C=O) groups excluding carboxylic acids is 2. The number of amides is 1. The summed E-state index contributed by atoms with van der Waals surface area (Å²) in [5.74, 6) is -0.349. The molecule has 1 aromatic carbocycles. The van der Waals surface area contributed by atoms with Gasteiger partial charge >= 0.3 is 5.97 Å². The molecule has 2 N–H and O–H groups in total. The van der Waals surface area contributed by atoms with Gasteiger partial charge in [-0.05, 0) is 24.5 Å². The SMILES string of the molecule is CCOC(=O)CCNC(=O)C1Cc2ccccc2CN1.Cl. The van der Waals surface area contributed by atoms with Crippen molar-refractivity contribution in [3.8, 4) is 0 Å². The summed E-state index contributed by atoms with van der Waals surface area (Å²) in [4.78, 5) is 23.2. The monoisotopic (exact) mass is 312 g/mol. The predicted octanol–water partition coefficient (Wildman–Crippen LogP) is 1.19. The van der Waals surface area contributed by atoms with Gasteiger partial charge in [0.25, 0.3) is 0 Å². The minimum atomic E-state index is -0.283. The Morgan fingerprint density at radius 2 is 2.05 bits per heavy atom. The Labute approximate surface area is 130 Å². The summed E-state index contributed by atoms with van der Waals surface area (Å²) in [6, 6.07) is 7.87. The molecule has 21 heavy (non-hydrogen) atoms. The average molecular weight is 313 g/mol. The molecule has 0 saturated carbocycles. The number of hydrogen-bond donors (Lipinski definition) is 2. The number of rotatable bonds is 5. The Hall–Kier alpha value is -1.59. The molecule has 2 rings (SSSR count). The summed E-state index contributed by atoms with van der Waals surface area (Å²) in [7, 11) is 0. The maximum absolute atomic E-state index is 12.0. The summed E-state index contributed by atoms with van der Waals surface area (Å²) in [6.45, 7) is 3.15. The van der Waals surface area contributed by atoms with Crippen LogP contribution in [0.4, 0.5) is 0 Å². The van der Waals surface area contributed by atoms with Crippen molar-refractivity contribution in [2.45, 2.75) is 32.4 Å². The van der Waals surface area contributed by atoms with Crippen LogP contribution in [0.15, 0.2) is 24.3 Å². The second-order valence-corrected chi connectivity index (χ2v) is 4.75. The van der Waals surface area contributed by atoms with Crippen LogP contribution in [-0.4, -0.2) is 31.1 Å². The van der Waals surface area contributed by atoms with Gasteiger partial charge in [0, 0.05) is 13.1 Å². The number of nitrogens with one attached hydrogen (secondary N) is 2.